The minimum atomic E-state index is -0.671. The lowest BCUT2D eigenvalue weighted by atomic mass is 10.1. The van der Waals surface area contributed by atoms with Crippen LogP contribution in [0.25, 0.3) is 6.08 Å². The van der Waals surface area contributed by atoms with E-state index in [-0.39, 0.29) is 17.3 Å². The highest BCUT2D eigenvalue weighted by molar-refractivity contribution is 6.13. The van der Waals surface area contributed by atoms with Crippen molar-refractivity contribution in [3.05, 3.63) is 63.3 Å². The van der Waals surface area contributed by atoms with Gasteiger partial charge in [0.1, 0.15) is 0 Å². The quantitative estimate of drug-likeness (QED) is 0.326. The van der Waals surface area contributed by atoms with E-state index in [0.29, 0.717) is 28.4 Å². The van der Waals surface area contributed by atoms with E-state index in [4.69, 9.17) is 18.9 Å². The largest absolute Gasteiger partial charge is 0.493 e. The van der Waals surface area contributed by atoms with Crippen molar-refractivity contribution < 1.29 is 28.7 Å². The molecule has 0 amide bonds. The van der Waals surface area contributed by atoms with Crippen molar-refractivity contribution in [2.75, 3.05) is 21.3 Å². The van der Waals surface area contributed by atoms with Crippen LogP contribution in [0.3, 0.4) is 0 Å². The van der Waals surface area contributed by atoms with E-state index in [9.17, 15) is 14.9 Å². The number of aliphatic imine (C=N–C) groups is 1. The van der Waals surface area contributed by atoms with Crippen molar-refractivity contribution in [1.29, 1.82) is 0 Å². The molecule has 1 heterocycles. The zero-order valence-electron chi connectivity index (χ0n) is 15.3. The Labute approximate surface area is 160 Å². The number of nitro groups is 1. The highest BCUT2D eigenvalue weighted by Crippen LogP contribution is 2.39. The molecule has 0 bridgehead atoms. The summed E-state index contributed by atoms with van der Waals surface area (Å²) in [5.74, 6) is 0.542. The van der Waals surface area contributed by atoms with Crippen LogP contribution in [-0.4, -0.2) is 38.1 Å². The maximum atomic E-state index is 12.2. The summed E-state index contributed by atoms with van der Waals surface area (Å²) in [5.41, 5.74) is 0.833. The number of hydrogen-bond donors (Lipinski definition) is 0. The Morgan fingerprint density at radius 3 is 2.32 bits per heavy atom. The smallest absolute Gasteiger partial charge is 0.363 e. The third-order valence-corrected chi connectivity index (χ3v) is 3.92. The van der Waals surface area contributed by atoms with Crippen molar-refractivity contribution in [3.63, 3.8) is 0 Å². The lowest BCUT2D eigenvalue weighted by Gasteiger charge is -2.13. The summed E-state index contributed by atoms with van der Waals surface area (Å²) in [7, 11) is 4.42. The number of benzene rings is 2. The third-order valence-electron chi connectivity index (χ3n) is 3.92. The molecular weight excluding hydrogens is 368 g/mol. The van der Waals surface area contributed by atoms with Gasteiger partial charge in [-0.2, -0.15) is 0 Å². The lowest BCUT2D eigenvalue weighted by Crippen LogP contribution is -2.06. The van der Waals surface area contributed by atoms with Crippen LogP contribution in [0.2, 0.25) is 0 Å². The molecular formula is C19H16N2O7. The summed E-state index contributed by atoms with van der Waals surface area (Å²) in [6.45, 7) is 0. The Morgan fingerprint density at radius 2 is 1.75 bits per heavy atom. The van der Waals surface area contributed by atoms with Gasteiger partial charge in [-0.05, 0) is 23.8 Å². The van der Waals surface area contributed by atoms with Crippen LogP contribution in [0, 0.1) is 10.1 Å². The molecule has 0 aromatic heterocycles. The highest BCUT2D eigenvalue weighted by Gasteiger charge is 2.26. The van der Waals surface area contributed by atoms with Gasteiger partial charge in [0, 0.05) is 17.7 Å². The molecule has 9 nitrogen and oxygen atoms in total. The normalized spacial score (nSPS) is 14.5. The molecule has 0 unspecified atom stereocenters. The minimum absolute atomic E-state index is 0.0178. The van der Waals surface area contributed by atoms with Gasteiger partial charge >= 0.3 is 5.97 Å². The van der Waals surface area contributed by atoms with Gasteiger partial charge in [-0.15, -0.1) is 0 Å². The molecule has 1 aliphatic heterocycles. The predicted octanol–water partition coefficient (Wildman–Crippen LogP) is 2.97. The standard InChI is InChI=1S/C19H16N2O7/c1-25-15-9-12(10-16(26-2)17(15)27-3)18-20-14(19(22)28-18)8-11-5-4-6-13(7-11)21(23)24/h4-10H,1-3H3/b14-8-. The number of esters is 1. The number of rotatable bonds is 6. The molecule has 2 aromatic carbocycles. The van der Waals surface area contributed by atoms with E-state index in [2.05, 4.69) is 4.99 Å². The first-order valence-corrected chi connectivity index (χ1v) is 8.04. The number of carbonyl (C=O) groups excluding carboxylic acids is 1. The first-order chi connectivity index (χ1) is 13.5. The van der Waals surface area contributed by atoms with Crippen molar-refractivity contribution >= 4 is 23.6 Å². The van der Waals surface area contributed by atoms with E-state index < -0.39 is 10.9 Å². The topological polar surface area (TPSA) is 109 Å². The maximum absolute atomic E-state index is 12.2. The average molecular weight is 384 g/mol. The van der Waals surface area contributed by atoms with Crippen molar-refractivity contribution in [2.45, 2.75) is 0 Å². The summed E-state index contributed by atoms with van der Waals surface area (Å²) in [6.07, 6.45) is 1.42. The zero-order chi connectivity index (χ0) is 20.3. The SMILES string of the molecule is COc1cc(C2=N/C(=C\c3cccc([N+](=O)[O-])c3)C(=O)O2)cc(OC)c1OC. The summed E-state index contributed by atoms with van der Waals surface area (Å²) in [5, 5.41) is 10.9. The fraction of sp³-hybridized carbons (Fsp3) is 0.158. The Balaban J connectivity index is 2.00. The molecule has 2 aromatic rings. The predicted molar refractivity (Wildman–Crippen MR) is 99.8 cm³/mol. The summed E-state index contributed by atoms with van der Waals surface area (Å²) in [4.78, 5) is 26.8. The Bertz CT molecular complexity index is 986. The number of nitrogens with zero attached hydrogens (tertiary/aromatic N) is 2. The maximum Gasteiger partial charge on any atom is 0.363 e. The number of cyclic esters (lactones) is 1. The number of ether oxygens (including phenoxy) is 4. The molecule has 0 spiro atoms. The van der Waals surface area contributed by atoms with Crippen LogP contribution in [0.5, 0.6) is 17.2 Å². The Morgan fingerprint density at radius 1 is 1.07 bits per heavy atom. The van der Waals surface area contributed by atoms with E-state index in [1.54, 1.807) is 18.2 Å². The molecule has 28 heavy (non-hydrogen) atoms. The summed E-state index contributed by atoms with van der Waals surface area (Å²) >= 11 is 0. The van der Waals surface area contributed by atoms with Crippen LogP contribution in [0.15, 0.2) is 47.1 Å². The molecule has 3 rings (SSSR count). The van der Waals surface area contributed by atoms with Crippen LogP contribution in [-0.2, 0) is 9.53 Å². The van der Waals surface area contributed by atoms with E-state index in [1.807, 2.05) is 0 Å². The number of non-ortho nitro benzene ring substituents is 1. The minimum Gasteiger partial charge on any atom is -0.493 e. The lowest BCUT2D eigenvalue weighted by molar-refractivity contribution is -0.384. The third kappa shape index (κ3) is 3.63. The monoisotopic (exact) mass is 384 g/mol. The van der Waals surface area contributed by atoms with Crippen LogP contribution in [0.1, 0.15) is 11.1 Å². The van der Waals surface area contributed by atoms with Crippen molar-refractivity contribution in [2.24, 2.45) is 4.99 Å². The fourth-order valence-corrected chi connectivity index (χ4v) is 2.62. The molecule has 0 aliphatic carbocycles. The van der Waals surface area contributed by atoms with E-state index >= 15 is 0 Å². The van der Waals surface area contributed by atoms with Crippen molar-refractivity contribution in [3.8, 4) is 17.2 Å². The second-order valence-electron chi connectivity index (χ2n) is 5.60. The summed E-state index contributed by atoms with van der Waals surface area (Å²) in [6, 6.07) is 9.05. The molecule has 144 valence electrons. The van der Waals surface area contributed by atoms with Crippen LogP contribution in [0.4, 0.5) is 5.69 Å². The first kappa shape index (κ1) is 18.9. The van der Waals surface area contributed by atoms with Gasteiger partial charge in [-0.25, -0.2) is 9.79 Å². The van der Waals surface area contributed by atoms with Gasteiger partial charge in [-0.3, -0.25) is 10.1 Å². The number of carbonyl (C=O) groups is 1. The Kier molecular flexibility index (Phi) is 5.25. The first-order valence-electron chi connectivity index (χ1n) is 8.04. The van der Waals surface area contributed by atoms with Crippen LogP contribution >= 0.6 is 0 Å². The van der Waals surface area contributed by atoms with Gasteiger partial charge in [0.15, 0.2) is 17.2 Å². The molecule has 0 saturated carbocycles. The molecule has 0 N–H and O–H groups in total. The van der Waals surface area contributed by atoms with Gasteiger partial charge in [-0.1, -0.05) is 12.1 Å². The van der Waals surface area contributed by atoms with E-state index in [1.165, 1.54) is 45.6 Å². The molecule has 0 radical (unpaired) electrons. The van der Waals surface area contributed by atoms with Gasteiger partial charge in [0.2, 0.25) is 11.6 Å². The van der Waals surface area contributed by atoms with Crippen molar-refractivity contribution in [1.82, 2.24) is 0 Å². The van der Waals surface area contributed by atoms with Gasteiger partial charge < -0.3 is 18.9 Å². The summed E-state index contributed by atoms with van der Waals surface area (Å²) < 4.78 is 21.1. The molecule has 0 atom stereocenters. The molecule has 9 heteroatoms. The molecule has 0 saturated heterocycles. The van der Waals surface area contributed by atoms with E-state index in [0.717, 1.165) is 0 Å². The fourth-order valence-electron chi connectivity index (χ4n) is 2.62. The second-order valence-corrected chi connectivity index (χ2v) is 5.60. The molecule has 0 fully saturated rings. The average Bonchev–Trinajstić information content (AvgIpc) is 3.07. The van der Waals surface area contributed by atoms with Gasteiger partial charge in [0.25, 0.3) is 5.69 Å². The number of nitro benzene ring substituents is 1. The number of methoxy groups -OCH3 is 3. The zero-order valence-corrected chi connectivity index (χ0v) is 15.3. The molecule has 1 aliphatic rings. The highest BCUT2D eigenvalue weighted by atomic mass is 16.6. The van der Waals surface area contributed by atoms with Crippen LogP contribution < -0.4 is 14.2 Å². The second kappa shape index (κ2) is 7.78. The number of hydrogen-bond acceptors (Lipinski definition) is 8. The van der Waals surface area contributed by atoms with Gasteiger partial charge in [0.05, 0.1) is 26.3 Å². The Hall–Kier alpha value is -3.88.